The first-order valence-corrected chi connectivity index (χ1v) is 3.93. The van der Waals surface area contributed by atoms with Crippen LogP contribution in [0.5, 0.6) is 0 Å². The van der Waals surface area contributed by atoms with Gasteiger partial charge in [-0.05, 0) is 19.8 Å². The van der Waals surface area contributed by atoms with Crippen LogP contribution in [0.25, 0.3) is 0 Å². The number of carbonyl (C=O) groups excluding carboxylic acids is 1. The third-order valence-electron chi connectivity index (χ3n) is 1.31. The molecule has 0 aromatic heterocycles. The average molecular weight is 144 g/mol. The van der Waals surface area contributed by atoms with Gasteiger partial charge in [0, 0.05) is 19.6 Å². The smallest absolute Gasteiger partial charge is 0.119 e. The van der Waals surface area contributed by atoms with Crippen molar-refractivity contribution in [3.8, 4) is 0 Å². The monoisotopic (exact) mass is 144 g/mol. The summed E-state index contributed by atoms with van der Waals surface area (Å²) in [5.74, 6) is 0. The van der Waals surface area contributed by atoms with Gasteiger partial charge in [0.05, 0.1) is 0 Å². The topological polar surface area (TPSA) is 26.3 Å². The number of hydrogen-bond acceptors (Lipinski definition) is 2. The van der Waals surface area contributed by atoms with Crippen molar-refractivity contribution in [3.63, 3.8) is 0 Å². The van der Waals surface area contributed by atoms with Crippen LogP contribution in [0.4, 0.5) is 0 Å². The van der Waals surface area contributed by atoms with E-state index in [4.69, 9.17) is 4.74 Å². The molecular formula is C8H16O2. The van der Waals surface area contributed by atoms with Crippen LogP contribution in [0, 0.1) is 0 Å². The molecule has 0 aliphatic heterocycles. The fraction of sp³-hybridized carbons (Fsp3) is 0.875. The number of ether oxygens (including phenoxy) is 1. The number of hydrogen-bond donors (Lipinski definition) is 0. The highest BCUT2D eigenvalue weighted by Gasteiger charge is 1.87. The molecule has 0 aromatic rings. The van der Waals surface area contributed by atoms with E-state index >= 15 is 0 Å². The highest BCUT2D eigenvalue weighted by atomic mass is 16.5. The van der Waals surface area contributed by atoms with Gasteiger partial charge >= 0.3 is 0 Å². The molecule has 0 aliphatic rings. The quantitative estimate of drug-likeness (QED) is 0.402. The Kier molecular flexibility index (Phi) is 8.31. The fourth-order valence-corrected chi connectivity index (χ4v) is 0.753. The standard InChI is InChI=1S/C8H16O2/c1-2-10-8-6-4-3-5-7-9/h7H,2-6,8H2,1H3. The van der Waals surface area contributed by atoms with Gasteiger partial charge in [0.2, 0.25) is 0 Å². The lowest BCUT2D eigenvalue weighted by Crippen LogP contribution is -1.92. The molecule has 60 valence electrons. The van der Waals surface area contributed by atoms with E-state index in [0.717, 1.165) is 38.8 Å². The second-order valence-corrected chi connectivity index (χ2v) is 2.21. The third-order valence-corrected chi connectivity index (χ3v) is 1.31. The van der Waals surface area contributed by atoms with E-state index < -0.39 is 0 Å². The molecule has 0 aliphatic carbocycles. The van der Waals surface area contributed by atoms with Crippen LogP contribution in [0.15, 0.2) is 0 Å². The van der Waals surface area contributed by atoms with Gasteiger partial charge in [-0.3, -0.25) is 0 Å². The highest BCUT2D eigenvalue weighted by Crippen LogP contribution is 1.97. The molecule has 2 nitrogen and oxygen atoms in total. The van der Waals surface area contributed by atoms with Crippen LogP contribution in [-0.2, 0) is 9.53 Å². The highest BCUT2D eigenvalue weighted by molar-refractivity contribution is 5.48. The molecule has 0 radical (unpaired) electrons. The predicted molar refractivity (Wildman–Crippen MR) is 41.0 cm³/mol. The van der Waals surface area contributed by atoms with E-state index in [1.165, 1.54) is 0 Å². The summed E-state index contributed by atoms with van der Waals surface area (Å²) in [7, 11) is 0. The minimum atomic E-state index is 0.701. The summed E-state index contributed by atoms with van der Waals surface area (Å²) in [5.41, 5.74) is 0. The van der Waals surface area contributed by atoms with E-state index in [2.05, 4.69) is 0 Å². The van der Waals surface area contributed by atoms with Gasteiger partial charge < -0.3 is 9.53 Å². The first kappa shape index (κ1) is 9.63. The van der Waals surface area contributed by atoms with Crippen molar-refractivity contribution in [2.45, 2.75) is 32.6 Å². The van der Waals surface area contributed by atoms with Crippen molar-refractivity contribution in [3.05, 3.63) is 0 Å². The molecule has 0 aromatic carbocycles. The van der Waals surface area contributed by atoms with Crippen molar-refractivity contribution in [1.29, 1.82) is 0 Å². The minimum Gasteiger partial charge on any atom is -0.382 e. The Morgan fingerprint density at radius 2 is 2.10 bits per heavy atom. The molecule has 0 bridgehead atoms. The zero-order valence-electron chi connectivity index (χ0n) is 6.64. The van der Waals surface area contributed by atoms with Crippen LogP contribution >= 0.6 is 0 Å². The van der Waals surface area contributed by atoms with Crippen LogP contribution in [0.2, 0.25) is 0 Å². The molecule has 0 atom stereocenters. The summed E-state index contributed by atoms with van der Waals surface area (Å²) in [6.07, 6.45) is 4.88. The Labute approximate surface area is 62.6 Å². The lowest BCUT2D eigenvalue weighted by molar-refractivity contribution is -0.107. The van der Waals surface area contributed by atoms with E-state index in [1.807, 2.05) is 6.92 Å². The molecule has 0 spiro atoms. The van der Waals surface area contributed by atoms with Gasteiger partial charge in [-0.15, -0.1) is 0 Å². The van der Waals surface area contributed by atoms with Gasteiger partial charge in [-0.25, -0.2) is 0 Å². The minimum absolute atomic E-state index is 0.701. The number of rotatable bonds is 7. The Hall–Kier alpha value is -0.370. The zero-order chi connectivity index (χ0) is 7.66. The van der Waals surface area contributed by atoms with Crippen molar-refractivity contribution in [2.24, 2.45) is 0 Å². The van der Waals surface area contributed by atoms with Crippen LogP contribution in [-0.4, -0.2) is 19.5 Å². The van der Waals surface area contributed by atoms with Crippen molar-refractivity contribution in [1.82, 2.24) is 0 Å². The third kappa shape index (κ3) is 7.63. The number of aldehydes is 1. The summed E-state index contributed by atoms with van der Waals surface area (Å²) in [4.78, 5) is 9.86. The molecule has 0 heterocycles. The molecule has 2 heteroatoms. The Balaban J connectivity index is 2.70. The summed E-state index contributed by atoms with van der Waals surface area (Å²) >= 11 is 0. The molecule has 0 rings (SSSR count). The van der Waals surface area contributed by atoms with Gasteiger partial charge in [0.15, 0.2) is 0 Å². The number of carbonyl (C=O) groups is 1. The average Bonchev–Trinajstić information content (AvgIpc) is 1.97. The summed E-state index contributed by atoms with van der Waals surface area (Å²) in [6.45, 7) is 3.63. The van der Waals surface area contributed by atoms with Crippen LogP contribution < -0.4 is 0 Å². The zero-order valence-corrected chi connectivity index (χ0v) is 6.64. The second kappa shape index (κ2) is 8.63. The molecule has 0 unspecified atom stereocenters. The molecule has 0 fully saturated rings. The molecule has 0 amide bonds. The molecule has 0 saturated carbocycles. The molecular weight excluding hydrogens is 128 g/mol. The van der Waals surface area contributed by atoms with Crippen molar-refractivity contribution in [2.75, 3.05) is 13.2 Å². The SMILES string of the molecule is CCOCCCCCC=O. The maximum Gasteiger partial charge on any atom is 0.119 e. The Morgan fingerprint density at radius 3 is 2.70 bits per heavy atom. The predicted octanol–water partition coefficient (Wildman–Crippen LogP) is 1.78. The number of unbranched alkanes of at least 4 members (excludes halogenated alkanes) is 3. The van der Waals surface area contributed by atoms with Gasteiger partial charge in [0.25, 0.3) is 0 Å². The van der Waals surface area contributed by atoms with Crippen LogP contribution in [0.3, 0.4) is 0 Å². The van der Waals surface area contributed by atoms with E-state index in [0.29, 0.717) is 6.42 Å². The van der Waals surface area contributed by atoms with E-state index in [9.17, 15) is 4.79 Å². The van der Waals surface area contributed by atoms with E-state index in [-0.39, 0.29) is 0 Å². The largest absolute Gasteiger partial charge is 0.382 e. The molecule has 0 saturated heterocycles. The van der Waals surface area contributed by atoms with Crippen LogP contribution in [0.1, 0.15) is 32.6 Å². The second-order valence-electron chi connectivity index (χ2n) is 2.21. The van der Waals surface area contributed by atoms with Gasteiger partial charge in [0.1, 0.15) is 6.29 Å². The summed E-state index contributed by atoms with van der Waals surface area (Å²) in [5, 5.41) is 0. The fourth-order valence-electron chi connectivity index (χ4n) is 0.753. The molecule has 0 N–H and O–H groups in total. The van der Waals surface area contributed by atoms with Gasteiger partial charge in [-0.1, -0.05) is 6.42 Å². The summed E-state index contributed by atoms with van der Waals surface area (Å²) < 4.78 is 5.13. The van der Waals surface area contributed by atoms with Gasteiger partial charge in [-0.2, -0.15) is 0 Å². The lowest BCUT2D eigenvalue weighted by atomic mass is 10.2. The first-order chi connectivity index (χ1) is 4.91. The van der Waals surface area contributed by atoms with E-state index in [1.54, 1.807) is 0 Å². The van der Waals surface area contributed by atoms with Crippen molar-refractivity contribution < 1.29 is 9.53 Å². The van der Waals surface area contributed by atoms with Crippen molar-refractivity contribution >= 4 is 6.29 Å². The Morgan fingerprint density at radius 1 is 1.30 bits per heavy atom. The lowest BCUT2D eigenvalue weighted by Gasteiger charge is -1.98. The summed E-state index contributed by atoms with van der Waals surface area (Å²) in [6, 6.07) is 0. The normalized spacial score (nSPS) is 9.70. The molecule has 10 heavy (non-hydrogen) atoms. The maximum absolute atomic E-state index is 9.86. The Bertz CT molecular complexity index is 71.7. The first-order valence-electron chi connectivity index (χ1n) is 3.93. The maximum atomic E-state index is 9.86.